The van der Waals surface area contributed by atoms with Crippen molar-refractivity contribution < 1.29 is 132 Å². The molecule has 7 aliphatic heterocycles. The number of esters is 1. The van der Waals surface area contributed by atoms with E-state index in [1.807, 2.05) is 50.2 Å². The number of rotatable bonds is 21. The molecule has 0 aliphatic carbocycles. The predicted molar refractivity (Wildman–Crippen MR) is 431 cm³/mol. The van der Waals surface area contributed by atoms with Crippen molar-refractivity contribution in [2.45, 2.75) is 169 Å². The fourth-order valence-electron chi connectivity index (χ4n) is 14.9. The molecule has 39 heteroatoms. The molecule has 7 aromatic carbocycles. The van der Waals surface area contributed by atoms with Gasteiger partial charge in [0.2, 0.25) is 53.4 Å². The second kappa shape index (κ2) is 38.2. The van der Waals surface area contributed by atoms with Crippen LogP contribution in [0, 0.1) is 5.92 Å². The Hall–Kier alpha value is -11.0. The molecule has 0 spiro atoms. The van der Waals surface area contributed by atoms with Crippen LogP contribution in [-0.2, 0) is 73.4 Å². The van der Waals surface area contributed by atoms with Crippen LogP contribution >= 0.6 is 34.8 Å². The van der Waals surface area contributed by atoms with E-state index < -0.39 is 254 Å². The molecule has 650 valence electrons. The topological polar surface area (TPSA) is 552 Å². The lowest BCUT2D eigenvalue weighted by Crippen LogP contribution is -2.66. The Balaban J connectivity index is 1.01. The van der Waals surface area contributed by atoms with Gasteiger partial charge in [0.15, 0.2) is 36.0 Å². The molecule has 15 unspecified atom stereocenters. The quantitative estimate of drug-likeness (QED) is 0.0455. The molecule has 7 amide bonds. The van der Waals surface area contributed by atoms with E-state index in [2.05, 4.69) is 42.5 Å². The Morgan fingerprint density at radius 2 is 1.28 bits per heavy atom. The van der Waals surface area contributed by atoms with E-state index in [1.165, 1.54) is 26.1 Å². The van der Waals surface area contributed by atoms with Crippen LogP contribution in [0.3, 0.4) is 0 Å². The van der Waals surface area contributed by atoms with Gasteiger partial charge in [-0.3, -0.25) is 33.6 Å². The molecule has 20 N–H and O–H groups in total. The van der Waals surface area contributed by atoms with Gasteiger partial charge in [-0.25, -0.2) is 9.59 Å². The standard InChI is InChI=1S/C83H90Cl3N9O27/c1-34(2)21-49(88-5)74(106)94-65-67(101)40-14-19-53(47(85)23-40)118-55-25-42-26-56(71(55)122-82-72(70(104)69(103)58(32-96)120-82)121-60-30-83(4,73(105)35(3)117-60)89-31-57(81(114)115-6)116-33-36-7-9-37(10-8-36)38-11-16-43(84)17-12-38)119-54-20-15-41(24-48(54)86)68(102)66-79(111)93-64(80(112)113)46-27-44(97)28-52(99)61(46)45-22-39(13-18-51(45)98)62(76(108)95-66)92-77(109)63(42)91-75(107)50(29-59(87)100)90-78(65)110/h7-20,22-28,34-35,49-50,57-58,60,62-70,72-73,82,88-89,96-99,101-105H,21,29-33H2,1-6H3,(H2,87,100)(H,90,110)(H,91,107)(H,92,109)(H,93,111)(H,94,106)(H,95,108)(H,112,113)/t35?,49-,50?,57?,58?,60?,62?,63?,64?,65+,66+,67?,68-,69?,70?,72?,73?,82?,83?/m1/s1. The number of methoxy groups -OCH3 is 1. The summed E-state index contributed by atoms with van der Waals surface area (Å²) in [5, 5.41) is 137. The minimum atomic E-state index is -2.40. The van der Waals surface area contributed by atoms with Gasteiger partial charge in [-0.2, -0.15) is 0 Å². The molecule has 0 saturated carbocycles. The maximum atomic E-state index is 16.2. The molecule has 0 aromatic heterocycles. The highest BCUT2D eigenvalue weighted by atomic mass is 35.5. The Bertz CT molecular complexity index is 5130. The number of phenols is 3. The van der Waals surface area contributed by atoms with Gasteiger partial charge in [-0.1, -0.05) is 103 Å². The predicted octanol–water partition coefficient (Wildman–Crippen LogP) is 3.82. The molecule has 2 saturated heterocycles. The third kappa shape index (κ3) is 20.0. The number of hydrogen-bond donors (Lipinski definition) is 19. The number of amides is 7. The summed E-state index contributed by atoms with van der Waals surface area (Å²) >= 11 is 20.4. The van der Waals surface area contributed by atoms with Gasteiger partial charge in [-0.15, -0.1) is 0 Å². The summed E-state index contributed by atoms with van der Waals surface area (Å²) in [4.78, 5) is 132. The fraction of sp³-hybridized carbons (Fsp3) is 0.386. The van der Waals surface area contributed by atoms with Crippen LogP contribution in [0.25, 0.3) is 22.3 Å². The van der Waals surface area contributed by atoms with Crippen molar-refractivity contribution in [1.82, 2.24) is 42.5 Å². The van der Waals surface area contributed by atoms with Crippen molar-refractivity contribution in [3.63, 3.8) is 0 Å². The van der Waals surface area contributed by atoms with Crippen LogP contribution in [0.2, 0.25) is 15.1 Å². The van der Waals surface area contributed by atoms with Gasteiger partial charge >= 0.3 is 11.9 Å². The molecule has 36 nitrogen and oxygen atoms in total. The molecule has 0 radical (unpaired) electrons. The third-order valence-corrected chi connectivity index (χ3v) is 22.3. The summed E-state index contributed by atoms with van der Waals surface area (Å²) in [6.45, 7) is 5.30. The number of carboxylic acid groups (broad SMARTS) is 1. The fourth-order valence-corrected chi connectivity index (χ4v) is 15.5. The number of fused-ring (bicyclic) bond motifs is 15. The molecular formula is C83H90Cl3N9O27. The van der Waals surface area contributed by atoms with Crippen LogP contribution in [-0.4, -0.2) is 217 Å². The van der Waals surface area contributed by atoms with E-state index in [9.17, 15) is 79.8 Å². The van der Waals surface area contributed by atoms with Gasteiger partial charge in [0.25, 0.3) is 0 Å². The average Bonchev–Trinajstić information content (AvgIpc) is 0.764. The number of primary amides is 1. The van der Waals surface area contributed by atoms with E-state index in [4.69, 9.17) is 78.4 Å². The molecule has 7 aliphatic rings. The van der Waals surface area contributed by atoms with Crippen LogP contribution in [0.5, 0.6) is 46.0 Å². The van der Waals surface area contributed by atoms with Crippen molar-refractivity contribution in [3.05, 3.63) is 176 Å². The number of nitrogens with one attached hydrogen (secondary N) is 8. The Morgan fingerprint density at radius 1 is 0.672 bits per heavy atom. The van der Waals surface area contributed by atoms with Gasteiger partial charge < -0.3 is 137 Å². The number of carbonyl (C=O) groups excluding carboxylic acids is 8. The summed E-state index contributed by atoms with van der Waals surface area (Å²) in [5.41, 5.74) is 3.77. The number of nitrogens with two attached hydrogens (primary N) is 1. The number of aliphatic hydroxyl groups excluding tert-OH is 6. The smallest absolute Gasteiger partial charge is 0.336 e. The normalized spacial score (nSPS) is 26.6. The molecule has 122 heavy (non-hydrogen) atoms. The van der Waals surface area contributed by atoms with Crippen molar-refractivity contribution >= 4 is 88.1 Å². The second-order valence-corrected chi connectivity index (χ2v) is 31.8. The number of halogens is 3. The largest absolute Gasteiger partial charge is 0.508 e. The van der Waals surface area contributed by atoms with Crippen molar-refractivity contribution in [1.29, 1.82) is 0 Å². The number of aromatic hydroxyl groups is 3. The van der Waals surface area contributed by atoms with Crippen molar-refractivity contribution in [2.75, 3.05) is 27.3 Å². The molecule has 2 fully saturated rings. The summed E-state index contributed by atoms with van der Waals surface area (Å²) in [6.07, 6.45) is -21.0. The molecule has 19 atom stereocenters. The number of carboxylic acids is 1. The number of aliphatic carboxylic acids is 1. The SMILES string of the molecule is CN[C@H](CC(C)C)C(=O)N[C@@H]1C(=O)NC(CC(N)=O)C(=O)NC2C(=O)NC3C(=O)N[C@H](C(=O)NC(C(=O)O)c4cc(O)cc(O)c4-c4cc3ccc4O)[C@H](O)c3ccc(c(Cl)c3)Oc3cc2cc(c3OC2OC(CO)C(O)C(O)C2OC2CC(C)(NCC(OCc3ccc(-c4ccc(Cl)cc4)cc3)C(=O)OC)C(O)C(C)O2)Oc2ccc(cc2Cl)C1O. The van der Waals surface area contributed by atoms with Gasteiger partial charge in [0.1, 0.15) is 89.5 Å². The third-order valence-electron chi connectivity index (χ3n) is 21.5. The molecule has 14 rings (SSSR count). The number of ether oxygens (including phenoxy) is 8. The van der Waals surface area contributed by atoms with Crippen LogP contribution < -0.4 is 62.5 Å². The van der Waals surface area contributed by atoms with Gasteiger partial charge in [-0.05, 0) is 139 Å². The second-order valence-electron chi connectivity index (χ2n) is 30.5. The van der Waals surface area contributed by atoms with E-state index in [0.717, 1.165) is 85.0 Å². The highest BCUT2D eigenvalue weighted by Crippen LogP contribution is 2.50. The summed E-state index contributed by atoms with van der Waals surface area (Å²) in [7, 11) is 2.63. The monoisotopic (exact) mass is 1750 g/mol. The maximum Gasteiger partial charge on any atom is 0.336 e. The molecule has 11 bridgehead atoms. The number of carbonyl (C=O) groups is 9. The van der Waals surface area contributed by atoms with Crippen LogP contribution in [0.15, 0.2) is 127 Å². The maximum absolute atomic E-state index is 16.2. The van der Waals surface area contributed by atoms with E-state index in [0.29, 0.717) is 10.6 Å². The van der Waals surface area contributed by atoms with E-state index in [1.54, 1.807) is 19.1 Å². The first-order chi connectivity index (χ1) is 57.9. The Kier molecular flexibility index (Phi) is 28.2. The lowest BCUT2D eigenvalue weighted by Gasteiger charge is -2.48. The molecule has 7 aromatic rings. The Morgan fingerprint density at radius 3 is 1.88 bits per heavy atom. The summed E-state index contributed by atoms with van der Waals surface area (Å²) in [6, 6.07) is 13.5. The highest BCUT2D eigenvalue weighted by Gasteiger charge is 2.53. The summed E-state index contributed by atoms with van der Waals surface area (Å²) < 4.78 is 50.7. The average molecular weight is 1750 g/mol. The number of hydrogen-bond acceptors (Lipinski definition) is 28. The molecular weight excluding hydrogens is 1660 g/mol. The lowest BCUT2D eigenvalue weighted by molar-refractivity contribution is -0.334. The number of benzene rings is 7. The zero-order chi connectivity index (χ0) is 88.2. The van der Waals surface area contributed by atoms with Crippen LogP contribution in [0.4, 0.5) is 0 Å². The highest BCUT2D eigenvalue weighted by molar-refractivity contribution is 6.32. The first kappa shape index (κ1) is 90.2. The van der Waals surface area contributed by atoms with Gasteiger partial charge in [0, 0.05) is 46.3 Å². The zero-order valence-corrected chi connectivity index (χ0v) is 68.2. The minimum Gasteiger partial charge on any atom is -0.508 e. The van der Waals surface area contributed by atoms with Gasteiger partial charge in [0.05, 0.1) is 55.0 Å². The Labute approximate surface area is 711 Å². The van der Waals surface area contributed by atoms with E-state index in [-0.39, 0.29) is 54.4 Å². The van der Waals surface area contributed by atoms with Crippen LogP contribution in [0.1, 0.15) is 111 Å². The first-order valence-corrected chi connectivity index (χ1v) is 39.5. The van der Waals surface area contributed by atoms with E-state index >= 15 is 14.4 Å². The number of phenolic OH excluding ortho intramolecular Hbond substituents is 3. The van der Waals surface area contributed by atoms with Crippen molar-refractivity contribution in [3.8, 4) is 68.2 Å². The van der Waals surface area contributed by atoms with Crippen molar-refractivity contribution in [2.24, 2.45) is 11.7 Å². The lowest BCUT2D eigenvalue weighted by atomic mass is 9.84. The minimum absolute atomic E-state index is 0.0750. The number of aliphatic hydroxyl groups is 6. The summed E-state index contributed by atoms with van der Waals surface area (Å²) in [5.74, 6) is -17.2. The molecule has 7 heterocycles. The number of likely N-dealkylation sites (N-methyl/N-ethyl adjacent to an activating group) is 1. The zero-order valence-electron chi connectivity index (χ0n) is 66.0. The first-order valence-electron chi connectivity index (χ1n) is 38.4.